The number of carbonyl (C=O) groups excluding carboxylic acids is 1. The van der Waals surface area contributed by atoms with Crippen molar-refractivity contribution >= 4 is 17.3 Å². The van der Waals surface area contributed by atoms with Crippen LogP contribution in [0.5, 0.6) is 5.75 Å². The molecule has 0 saturated carbocycles. The molecule has 34 heavy (non-hydrogen) atoms. The van der Waals surface area contributed by atoms with Crippen molar-refractivity contribution in [2.45, 2.75) is 33.3 Å². The molecule has 2 heterocycles. The van der Waals surface area contributed by atoms with E-state index in [4.69, 9.17) is 9.47 Å². The number of benzene rings is 2. The lowest BCUT2D eigenvalue weighted by atomic mass is 9.80. The molecule has 0 unspecified atom stereocenters. The summed E-state index contributed by atoms with van der Waals surface area (Å²) in [6.45, 7) is 12.2. The van der Waals surface area contributed by atoms with E-state index in [2.05, 4.69) is 66.7 Å². The number of esters is 1. The number of carbonyl (C=O) groups is 1. The quantitative estimate of drug-likeness (QED) is 0.408. The number of cyclic esters (lactones) is 1. The van der Waals surface area contributed by atoms with E-state index in [1.54, 1.807) is 19.4 Å². The number of fused-ring (bicyclic) bond motifs is 1. The maximum absolute atomic E-state index is 13.1. The molecule has 2 aromatic carbocycles. The second kappa shape index (κ2) is 9.75. The first-order valence-corrected chi connectivity index (χ1v) is 12.0. The summed E-state index contributed by atoms with van der Waals surface area (Å²) in [5, 5.41) is 0. The number of hydrogen-bond acceptors (Lipinski definition) is 6. The Balaban J connectivity index is 1.92. The van der Waals surface area contributed by atoms with Crippen LogP contribution in [0.15, 0.2) is 60.8 Å². The summed E-state index contributed by atoms with van der Waals surface area (Å²) in [5.41, 5.74) is 3.77. The highest BCUT2D eigenvalue weighted by Crippen LogP contribution is 2.50. The van der Waals surface area contributed by atoms with Gasteiger partial charge in [0.05, 0.1) is 12.7 Å². The molecule has 0 N–H and O–H groups in total. The van der Waals surface area contributed by atoms with Crippen molar-refractivity contribution < 1.29 is 14.3 Å². The number of ether oxygens (including phenoxy) is 2. The molecule has 1 aliphatic heterocycles. The summed E-state index contributed by atoms with van der Waals surface area (Å²) in [4.78, 5) is 22.0. The maximum atomic E-state index is 13.1. The Hall–Kier alpha value is -3.54. The van der Waals surface area contributed by atoms with Crippen molar-refractivity contribution in [2.75, 3.05) is 43.1 Å². The predicted molar refractivity (Wildman–Crippen MR) is 136 cm³/mol. The zero-order valence-corrected chi connectivity index (χ0v) is 20.7. The number of hydrogen-bond donors (Lipinski definition) is 0. The largest absolute Gasteiger partial charge is 0.496 e. The van der Waals surface area contributed by atoms with Gasteiger partial charge in [-0.05, 0) is 58.0 Å². The van der Waals surface area contributed by atoms with Gasteiger partial charge >= 0.3 is 5.97 Å². The lowest BCUT2D eigenvalue weighted by Gasteiger charge is -2.32. The van der Waals surface area contributed by atoms with Gasteiger partial charge < -0.3 is 19.3 Å². The minimum absolute atomic E-state index is 0.292. The summed E-state index contributed by atoms with van der Waals surface area (Å²) < 4.78 is 11.9. The first-order chi connectivity index (χ1) is 16.5. The van der Waals surface area contributed by atoms with E-state index in [1.807, 2.05) is 24.3 Å². The van der Waals surface area contributed by atoms with E-state index < -0.39 is 11.6 Å². The van der Waals surface area contributed by atoms with E-state index in [9.17, 15) is 4.79 Å². The zero-order chi connectivity index (χ0) is 24.3. The van der Waals surface area contributed by atoms with Crippen LogP contribution in [-0.4, -0.2) is 44.2 Å². The lowest BCUT2D eigenvalue weighted by molar-refractivity contribution is 0.0245. The van der Waals surface area contributed by atoms with Gasteiger partial charge in [0.15, 0.2) is 11.3 Å². The topological polar surface area (TPSA) is 54.9 Å². The highest BCUT2D eigenvalue weighted by atomic mass is 16.6. The molecular formula is C28H33N3O3. The fraction of sp³-hybridized carbons (Fsp3) is 0.357. The lowest BCUT2D eigenvalue weighted by Crippen LogP contribution is -2.30. The molecule has 4 rings (SSSR count). The van der Waals surface area contributed by atoms with Crippen molar-refractivity contribution in [3.05, 3.63) is 83.2 Å². The Bertz CT molecular complexity index is 1080. The van der Waals surface area contributed by atoms with E-state index in [-0.39, 0.29) is 0 Å². The van der Waals surface area contributed by atoms with Gasteiger partial charge in [-0.2, -0.15) is 0 Å². The minimum Gasteiger partial charge on any atom is -0.496 e. The van der Waals surface area contributed by atoms with Crippen LogP contribution in [0.25, 0.3) is 0 Å². The third kappa shape index (κ3) is 3.77. The van der Waals surface area contributed by atoms with Gasteiger partial charge in [0.2, 0.25) is 0 Å². The smallest absolute Gasteiger partial charge is 0.359 e. The zero-order valence-electron chi connectivity index (χ0n) is 20.7. The SMILES string of the molecule is CCN(CC)c1ccc(C2(c3ccc(N(CC)CC)cc3)OC(=O)c3nccc(OC)c32)cc1. The molecule has 0 amide bonds. The molecule has 0 atom stereocenters. The normalized spacial score (nSPS) is 13.9. The number of aromatic nitrogens is 1. The summed E-state index contributed by atoms with van der Waals surface area (Å²) >= 11 is 0. The van der Waals surface area contributed by atoms with Gasteiger partial charge in [-0.1, -0.05) is 24.3 Å². The summed E-state index contributed by atoms with van der Waals surface area (Å²) in [7, 11) is 1.61. The van der Waals surface area contributed by atoms with Gasteiger partial charge in [-0.15, -0.1) is 0 Å². The van der Waals surface area contributed by atoms with Crippen LogP contribution in [0.3, 0.4) is 0 Å². The van der Waals surface area contributed by atoms with Gasteiger partial charge in [0.25, 0.3) is 0 Å². The Labute approximate surface area is 202 Å². The van der Waals surface area contributed by atoms with Gasteiger partial charge in [0.1, 0.15) is 5.75 Å². The van der Waals surface area contributed by atoms with Crippen LogP contribution >= 0.6 is 0 Å². The fourth-order valence-corrected chi connectivity index (χ4v) is 4.91. The van der Waals surface area contributed by atoms with Crippen LogP contribution < -0.4 is 14.5 Å². The molecule has 178 valence electrons. The molecule has 3 aromatic rings. The molecular weight excluding hydrogens is 426 g/mol. The predicted octanol–water partition coefficient (Wildman–Crippen LogP) is 5.24. The molecule has 0 bridgehead atoms. The molecule has 0 aliphatic carbocycles. The van der Waals surface area contributed by atoms with E-state index in [0.29, 0.717) is 17.0 Å². The van der Waals surface area contributed by atoms with E-state index >= 15 is 0 Å². The average molecular weight is 460 g/mol. The Kier molecular flexibility index (Phi) is 6.77. The second-order valence-corrected chi connectivity index (χ2v) is 8.25. The average Bonchev–Trinajstić information content (AvgIpc) is 3.20. The van der Waals surface area contributed by atoms with Crippen molar-refractivity contribution in [1.82, 2.24) is 4.98 Å². The minimum atomic E-state index is -1.14. The maximum Gasteiger partial charge on any atom is 0.359 e. The number of pyridine rings is 1. The van der Waals surface area contributed by atoms with Crippen LogP contribution in [0, 0.1) is 0 Å². The molecule has 0 spiro atoms. The first kappa shape index (κ1) is 23.6. The Morgan fingerprint density at radius 2 is 1.26 bits per heavy atom. The van der Waals surface area contributed by atoms with Gasteiger partial charge in [-0.25, -0.2) is 9.78 Å². The van der Waals surface area contributed by atoms with Crippen LogP contribution in [-0.2, 0) is 10.3 Å². The van der Waals surface area contributed by atoms with Gasteiger partial charge in [-0.3, -0.25) is 0 Å². The number of rotatable bonds is 9. The number of anilines is 2. The molecule has 6 nitrogen and oxygen atoms in total. The van der Waals surface area contributed by atoms with Crippen molar-refractivity contribution in [1.29, 1.82) is 0 Å². The third-order valence-corrected chi connectivity index (χ3v) is 6.73. The number of nitrogens with zero attached hydrogens (tertiary/aromatic N) is 3. The second-order valence-electron chi connectivity index (χ2n) is 8.25. The highest BCUT2D eigenvalue weighted by Gasteiger charge is 2.51. The Morgan fingerprint density at radius 3 is 1.68 bits per heavy atom. The Morgan fingerprint density at radius 1 is 0.794 bits per heavy atom. The third-order valence-electron chi connectivity index (χ3n) is 6.73. The monoisotopic (exact) mass is 459 g/mol. The first-order valence-electron chi connectivity index (χ1n) is 12.0. The summed E-state index contributed by atoms with van der Waals surface area (Å²) in [6, 6.07) is 18.3. The van der Waals surface area contributed by atoms with Gasteiger partial charge in [0, 0.05) is 54.9 Å². The molecule has 6 heteroatoms. The molecule has 1 aliphatic rings. The van der Waals surface area contributed by atoms with E-state index in [0.717, 1.165) is 48.7 Å². The van der Waals surface area contributed by atoms with Crippen LogP contribution in [0.2, 0.25) is 0 Å². The molecule has 0 radical (unpaired) electrons. The fourth-order valence-electron chi connectivity index (χ4n) is 4.91. The summed E-state index contributed by atoms with van der Waals surface area (Å²) in [5.74, 6) is 0.131. The molecule has 0 fully saturated rings. The van der Waals surface area contributed by atoms with Crippen molar-refractivity contribution in [3.63, 3.8) is 0 Å². The number of methoxy groups -OCH3 is 1. The highest BCUT2D eigenvalue weighted by molar-refractivity contribution is 5.95. The standard InChI is InChI=1S/C28H33N3O3/c1-6-30(7-2)22-14-10-20(11-15-22)28(21-12-16-23(17-13-21)31(8-3)9-4)25-24(33-5)18-19-29-26(25)27(32)34-28/h10-19H,6-9H2,1-5H3. The molecule has 0 saturated heterocycles. The molecule has 1 aromatic heterocycles. The van der Waals surface area contributed by atoms with E-state index in [1.165, 1.54) is 0 Å². The van der Waals surface area contributed by atoms with Crippen LogP contribution in [0.4, 0.5) is 11.4 Å². The summed E-state index contributed by atoms with van der Waals surface area (Å²) in [6.07, 6.45) is 1.59. The van der Waals surface area contributed by atoms with Crippen molar-refractivity contribution in [3.8, 4) is 5.75 Å². The van der Waals surface area contributed by atoms with Crippen molar-refractivity contribution in [2.24, 2.45) is 0 Å². The van der Waals surface area contributed by atoms with Crippen LogP contribution in [0.1, 0.15) is 54.9 Å².